The van der Waals surface area contributed by atoms with Gasteiger partial charge in [-0.05, 0) is 36.0 Å². The first-order chi connectivity index (χ1) is 13.4. The number of nitrogens with zero attached hydrogens (tertiary/aromatic N) is 2. The lowest BCUT2D eigenvalue weighted by Gasteiger charge is -2.26. The molecule has 2 aromatic rings. The number of benzene rings is 1. The molecule has 148 valence electrons. The maximum atomic E-state index is 12.4. The predicted molar refractivity (Wildman–Crippen MR) is 104 cm³/mol. The third-order valence-corrected chi connectivity index (χ3v) is 5.22. The van der Waals surface area contributed by atoms with E-state index < -0.39 is 12.2 Å². The molecule has 1 saturated heterocycles. The van der Waals surface area contributed by atoms with Crippen molar-refractivity contribution in [2.45, 2.75) is 19.3 Å². The zero-order chi connectivity index (χ0) is 19.9. The van der Waals surface area contributed by atoms with Gasteiger partial charge in [-0.3, -0.25) is 0 Å². The summed E-state index contributed by atoms with van der Waals surface area (Å²) in [5.74, 6) is 0.395. The van der Waals surface area contributed by atoms with Crippen molar-refractivity contribution < 1.29 is 24.2 Å². The highest BCUT2D eigenvalue weighted by Gasteiger charge is 2.32. The molecule has 0 atom stereocenters. The summed E-state index contributed by atoms with van der Waals surface area (Å²) in [5, 5.41) is 13.7. The Kier molecular flexibility index (Phi) is 4.50. The third kappa shape index (κ3) is 3.09. The number of carbonyl (C=O) groups excluding carboxylic acids is 1. The number of rotatable bonds is 1. The number of nitrogens with one attached hydrogen (secondary N) is 1. The van der Waals surface area contributed by atoms with Crippen LogP contribution in [-0.2, 0) is 10.2 Å². The molecule has 28 heavy (non-hydrogen) atoms. The Morgan fingerprint density at radius 1 is 1.25 bits per heavy atom. The van der Waals surface area contributed by atoms with Gasteiger partial charge in [0.2, 0.25) is 0 Å². The molecule has 0 radical (unpaired) electrons. The topological polar surface area (TPSA) is 93.0 Å². The largest absolute Gasteiger partial charge is 0.464 e. The van der Waals surface area contributed by atoms with Gasteiger partial charge >= 0.3 is 12.2 Å². The fourth-order valence-electron chi connectivity index (χ4n) is 3.88. The van der Waals surface area contributed by atoms with Crippen LogP contribution in [0.2, 0.25) is 0 Å². The van der Waals surface area contributed by atoms with E-state index in [4.69, 9.17) is 9.47 Å². The summed E-state index contributed by atoms with van der Waals surface area (Å²) < 4.78 is 12.1. The molecule has 0 aliphatic carbocycles. The second-order valence-electron chi connectivity index (χ2n) is 7.62. The summed E-state index contributed by atoms with van der Waals surface area (Å²) in [6, 6.07) is 5.08. The van der Waals surface area contributed by atoms with Gasteiger partial charge in [0.15, 0.2) is 0 Å². The lowest BCUT2D eigenvalue weighted by molar-refractivity contribution is 0.0416. The molecular weight excluding hydrogens is 362 g/mol. The molecule has 0 bridgehead atoms. The Labute approximate surface area is 162 Å². The molecular formula is C20H23N3O5. The molecule has 0 saturated carbocycles. The van der Waals surface area contributed by atoms with Gasteiger partial charge in [0.05, 0.1) is 24.4 Å². The van der Waals surface area contributed by atoms with Crippen LogP contribution in [0.25, 0.3) is 17.0 Å². The smallest absolute Gasteiger partial charge is 0.416 e. The number of amides is 1. The molecule has 1 aromatic carbocycles. The van der Waals surface area contributed by atoms with Gasteiger partial charge < -0.3 is 24.8 Å². The van der Waals surface area contributed by atoms with Crippen LogP contribution in [0.1, 0.15) is 25.1 Å². The summed E-state index contributed by atoms with van der Waals surface area (Å²) in [4.78, 5) is 26.0. The highest BCUT2D eigenvalue weighted by atomic mass is 16.6. The first-order valence-electron chi connectivity index (χ1n) is 9.25. The third-order valence-electron chi connectivity index (χ3n) is 5.22. The molecule has 1 fully saturated rings. The Morgan fingerprint density at radius 2 is 2.00 bits per heavy atom. The van der Waals surface area contributed by atoms with Crippen LogP contribution in [0.4, 0.5) is 9.59 Å². The monoisotopic (exact) mass is 385 g/mol. The molecule has 8 nitrogen and oxygen atoms in total. The molecule has 3 heterocycles. The Bertz CT molecular complexity index is 970. The fourth-order valence-corrected chi connectivity index (χ4v) is 3.88. The van der Waals surface area contributed by atoms with Gasteiger partial charge in [-0.2, -0.15) is 0 Å². The number of hydrogen-bond donors (Lipinski definition) is 2. The van der Waals surface area contributed by atoms with Crippen molar-refractivity contribution in [3.8, 4) is 5.75 Å². The number of hydrogen-bond acceptors (Lipinski definition) is 5. The van der Waals surface area contributed by atoms with E-state index in [2.05, 4.69) is 19.2 Å². The maximum Gasteiger partial charge on any atom is 0.416 e. The van der Waals surface area contributed by atoms with Crippen LogP contribution in [0.3, 0.4) is 0 Å². The summed E-state index contributed by atoms with van der Waals surface area (Å²) >= 11 is 0. The predicted octanol–water partition coefficient (Wildman–Crippen LogP) is 2.85. The summed E-state index contributed by atoms with van der Waals surface area (Å²) in [7, 11) is 0. The number of morpholine rings is 1. The molecule has 0 spiro atoms. The lowest BCUT2D eigenvalue weighted by atomic mass is 9.83. The minimum Gasteiger partial charge on any atom is -0.464 e. The number of carboxylic acid groups (broad SMARTS) is 1. The molecule has 0 unspecified atom stereocenters. The molecule has 1 aromatic heterocycles. The van der Waals surface area contributed by atoms with Crippen molar-refractivity contribution in [1.82, 2.24) is 14.8 Å². The maximum absolute atomic E-state index is 12.4. The highest BCUT2D eigenvalue weighted by Crippen LogP contribution is 2.39. The second kappa shape index (κ2) is 6.87. The second-order valence-corrected chi connectivity index (χ2v) is 7.62. The zero-order valence-corrected chi connectivity index (χ0v) is 15.9. The number of carbonyl (C=O) groups is 2. The van der Waals surface area contributed by atoms with Crippen LogP contribution in [0.15, 0.2) is 24.4 Å². The average Bonchev–Trinajstić information content (AvgIpc) is 2.91. The van der Waals surface area contributed by atoms with Crippen LogP contribution >= 0.6 is 0 Å². The van der Waals surface area contributed by atoms with Crippen molar-refractivity contribution in [3.05, 3.63) is 35.7 Å². The van der Waals surface area contributed by atoms with Gasteiger partial charge in [-0.1, -0.05) is 13.8 Å². The van der Waals surface area contributed by atoms with Crippen molar-refractivity contribution in [1.29, 1.82) is 0 Å². The van der Waals surface area contributed by atoms with Gasteiger partial charge in [0.25, 0.3) is 0 Å². The van der Waals surface area contributed by atoms with Crippen molar-refractivity contribution >= 4 is 29.2 Å². The summed E-state index contributed by atoms with van der Waals surface area (Å²) in [6.07, 6.45) is 2.07. The number of fused-ring (bicyclic) bond motifs is 3. The van der Waals surface area contributed by atoms with E-state index in [0.29, 0.717) is 49.8 Å². The molecule has 2 aliphatic heterocycles. The Morgan fingerprint density at radius 3 is 2.71 bits per heavy atom. The standard InChI is InChI=1S/C20H23N3O5/c1-20(2)12-21-6-5-16-17(20)14-11-13(3-4-15(14)23(16)18(24)25)28-19(26)22-7-9-27-10-8-22/h3-6,11,21H,7-10,12H2,1-2H3,(H,24,25). The van der Waals surface area contributed by atoms with E-state index in [9.17, 15) is 14.7 Å². The van der Waals surface area contributed by atoms with E-state index in [1.165, 1.54) is 4.57 Å². The minimum atomic E-state index is -1.05. The number of aromatic nitrogens is 1. The van der Waals surface area contributed by atoms with E-state index >= 15 is 0 Å². The van der Waals surface area contributed by atoms with Gasteiger partial charge in [-0.15, -0.1) is 0 Å². The average molecular weight is 385 g/mol. The Balaban J connectivity index is 1.79. The summed E-state index contributed by atoms with van der Waals surface area (Å²) in [6.45, 7) is 6.76. The summed E-state index contributed by atoms with van der Waals surface area (Å²) in [5.41, 5.74) is 1.79. The van der Waals surface area contributed by atoms with E-state index in [-0.39, 0.29) is 5.41 Å². The van der Waals surface area contributed by atoms with Crippen molar-refractivity contribution in [3.63, 3.8) is 0 Å². The van der Waals surface area contributed by atoms with Gasteiger partial charge in [0.1, 0.15) is 5.75 Å². The van der Waals surface area contributed by atoms with Crippen LogP contribution in [0.5, 0.6) is 5.75 Å². The van der Waals surface area contributed by atoms with E-state index in [1.54, 1.807) is 35.4 Å². The van der Waals surface area contributed by atoms with E-state index in [1.807, 2.05) is 0 Å². The van der Waals surface area contributed by atoms with Gasteiger partial charge in [0, 0.05) is 30.4 Å². The quantitative estimate of drug-likeness (QED) is 0.784. The first kappa shape index (κ1) is 18.4. The van der Waals surface area contributed by atoms with Crippen LogP contribution < -0.4 is 10.1 Å². The van der Waals surface area contributed by atoms with Crippen molar-refractivity contribution in [2.75, 3.05) is 32.8 Å². The number of ether oxygens (including phenoxy) is 2. The molecule has 1 amide bonds. The lowest BCUT2D eigenvalue weighted by Crippen LogP contribution is -2.42. The minimum absolute atomic E-state index is 0.315. The molecule has 2 N–H and O–H groups in total. The zero-order valence-electron chi connectivity index (χ0n) is 15.9. The molecule has 8 heteroatoms. The van der Waals surface area contributed by atoms with Crippen molar-refractivity contribution in [2.24, 2.45) is 0 Å². The van der Waals surface area contributed by atoms with Crippen LogP contribution in [0, 0.1) is 0 Å². The van der Waals surface area contributed by atoms with E-state index in [0.717, 1.165) is 10.9 Å². The molecule has 2 aliphatic rings. The SMILES string of the molecule is CC1(C)CNC=Cc2c1c1cc(OC(=O)N3CCOCC3)ccc1n2C(=O)O. The normalized spacial score (nSPS) is 18.3. The van der Waals surface area contributed by atoms with Gasteiger partial charge in [-0.25, -0.2) is 14.2 Å². The van der Waals surface area contributed by atoms with Crippen LogP contribution in [-0.4, -0.2) is 59.6 Å². The fraction of sp³-hybridized carbons (Fsp3) is 0.400. The highest BCUT2D eigenvalue weighted by molar-refractivity contribution is 5.97. The molecule has 4 rings (SSSR count). The first-order valence-corrected chi connectivity index (χ1v) is 9.25. The Hall–Kier alpha value is -3.00.